The van der Waals surface area contributed by atoms with E-state index in [4.69, 9.17) is 5.14 Å². The summed E-state index contributed by atoms with van der Waals surface area (Å²) in [7, 11) is -3.35. The summed E-state index contributed by atoms with van der Waals surface area (Å²) in [5.41, 5.74) is 0. The lowest BCUT2D eigenvalue weighted by atomic mass is 9.85. The summed E-state index contributed by atoms with van der Waals surface area (Å²) in [5.74, 6) is 1.68. The van der Waals surface area contributed by atoms with Gasteiger partial charge in [0, 0.05) is 6.04 Å². The van der Waals surface area contributed by atoms with Crippen LogP contribution in [0.3, 0.4) is 0 Å². The second-order valence-corrected chi connectivity index (χ2v) is 9.16. The van der Waals surface area contributed by atoms with E-state index in [1.54, 1.807) is 0 Å². The van der Waals surface area contributed by atoms with E-state index in [-0.39, 0.29) is 5.75 Å². The summed E-state index contributed by atoms with van der Waals surface area (Å²) in [6.07, 6.45) is 12.2. The molecule has 1 rings (SSSR count). The van der Waals surface area contributed by atoms with E-state index in [2.05, 4.69) is 19.2 Å². The van der Waals surface area contributed by atoms with E-state index in [0.29, 0.717) is 12.5 Å². The van der Waals surface area contributed by atoms with Crippen molar-refractivity contribution in [3.8, 4) is 0 Å². The highest BCUT2D eigenvalue weighted by molar-refractivity contribution is 7.89. The van der Waals surface area contributed by atoms with Crippen LogP contribution in [0, 0.1) is 11.8 Å². The van der Waals surface area contributed by atoms with Crippen molar-refractivity contribution in [3.05, 3.63) is 0 Å². The predicted molar refractivity (Wildman–Crippen MR) is 94.3 cm³/mol. The van der Waals surface area contributed by atoms with Crippen LogP contribution in [0.15, 0.2) is 0 Å². The van der Waals surface area contributed by atoms with Gasteiger partial charge in [0.15, 0.2) is 0 Å². The lowest BCUT2D eigenvalue weighted by molar-refractivity contribution is 0.310. The summed E-state index contributed by atoms with van der Waals surface area (Å²) < 4.78 is 22.4. The van der Waals surface area contributed by atoms with E-state index in [1.165, 1.54) is 44.9 Å². The third kappa shape index (κ3) is 10.6. The van der Waals surface area contributed by atoms with Crippen LogP contribution >= 0.6 is 0 Å². The highest BCUT2D eigenvalue weighted by atomic mass is 32.2. The molecule has 0 saturated heterocycles. The maximum atomic E-state index is 11.2. The van der Waals surface area contributed by atoms with E-state index in [1.807, 2.05) is 0 Å². The van der Waals surface area contributed by atoms with Gasteiger partial charge in [0.2, 0.25) is 10.0 Å². The maximum absolute atomic E-state index is 11.2. The Balaban J connectivity index is 2.31. The van der Waals surface area contributed by atoms with Crippen LogP contribution in [0.2, 0.25) is 0 Å². The molecule has 0 aliphatic heterocycles. The number of hydrogen-bond donors (Lipinski definition) is 2. The van der Waals surface area contributed by atoms with Crippen LogP contribution in [0.5, 0.6) is 0 Å². The van der Waals surface area contributed by atoms with Gasteiger partial charge in [0.25, 0.3) is 0 Å². The van der Waals surface area contributed by atoms with Crippen molar-refractivity contribution in [2.24, 2.45) is 17.0 Å². The quantitative estimate of drug-likeness (QED) is 0.569. The van der Waals surface area contributed by atoms with Crippen molar-refractivity contribution in [2.45, 2.75) is 84.1 Å². The monoisotopic (exact) mass is 332 g/mol. The SMILES string of the molecule is CC(C)CCCNC(CCC1CCCCC1)CCS(N)(=O)=O. The van der Waals surface area contributed by atoms with Gasteiger partial charge in [0.1, 0.15) is 0 Å². The van der Waals surface area contributed by atoms with Crippen molar-refractivity contribution in [1.29, 1.82) is 0 Å². The summed E-state index contributed by atoms with van der Waals surface area (Å²) in [5, 5.41) is 8.73. The average Bonchev–Trinajstić information content (AvgIpc) is 2.45. The Hall–Kier alpha value is -0.130. The molecule has 0 radical (unpaired) electrons. The first kappa shape index (κ1) is 19.9. The van der Waals surface area contributed by atoms with Crippen LogP contribution in [0.4, 0.5) is 0 Å². The first-order valence-electron chi connectivity index (χ1n) is 9.10. The van der Waals surface area contributed by atoms with Gasteiger partial charge in [-0.15, -0.1) is 0 Å². The third-order valence-electron chi connectivity index (χ3n) is 4.79. The minimum absolute atomic E-state index is 0.0967. The van der Waals surface area contributed by atoms with Crippen LogP contribution in [-0.4, -0.2) is 26.8 Å². The zero-order valence-corrected chi connectivity index (χ0v) is 15.3. The fourth-order valence-electron chi connectivity index (χ4n) is 3.38. The molecule has 0 spiro atoms. The Kier molecular flexibility index (Phi) is 9.60. The summed E-state index contributed by atoms with van der Waals surface area (Å²) in [6, 6.07) is 0.299. The first-order chi connectivity index (χ1) is 10.4. The van der Waals surface area contributed by atoms with Gasteiger partial charge in [-0.25, -0.2) is 13.6 Å². The minimum atomic E-state index is -3.35. The molecular weight excluding hydrogens is 296 g/mol. The number of sulfonamides is 1. The zero-order valence-electron chi connectivity index (χ0n) is 14.5. The number of nitrogens with one attached hydrogen (secondary N) is 1. The molecule has 1 aliphatic rings. The molecule has 22 heavy (non-hydrogen) atoms. The molecular formula is C17H36N2O2S. The standard InChI is InChI=1S/C17H36N2O2S/c1-15(2)7-6-13-19-17(12-14-22(18,20)21)11-10-16-8-4-3-5-9-16/h15-17,19H,3-14H2,1-2H3,(H2,18,20,21). The van der Waals surface area contributed by atoms with E-state index in [0.717, 1.165) is 31.2 Å². The Morgan fingerprint density at radius 3 is 2.36 bits per heavy atom. The molecule has 0 aromatic heterocycles. The number of primary sulfonamides is 1. The van der Waals surface area contributed by atoms with Crippen molar-refractivity contribution < 1.29 is 8.42 Å². The maximum Gasteiger partial charge on any atom is 0.209 e. The van der Waals surface area contributed by atoms with Crippen molar-refractivity contribution in [3.63, 3.8) is 0 Å². The molecule has 0 amide bonds. The Morgan fingerprint density at radius 1 is 1.09 bits per heavy atom. The molecule has 1 unspecified atom stereocenters. The van der Waals surface area contributed by atoms with E-state index in [9.17, 15) is 8.42 Å². The lowest BCUT2D eigenvalue weighted by Gasteiger charge is -2.25. The Morgan fingerprint density at radius 2 is 1.77 bits per heavy atom. The third-order valence-corrected chi connectivity index (χ3v) is 5.59. The molecule has 0 aromatic rings. The smallest absolute Gasteiger partial charge is 0.209 e. The minimum Gasteiger partial charge on any atom is -0.314 e. The molecule has 0 aromatic carbocycles. The summed E-state index contributed by atoms with van der Waals surface area (Å²) in [4.78, 5) is 0. The average molecular weight is 333 g/mol. The first-order valence-corrected chi connectivity index (χ1v) is 10.8. The van der Waals surface area contributed by atoms with E-state index < -0.39 is 10.0 Å². The lowest BCUT2D eigenvalue weighted by Crippen LogP contribution is -2.33. The van der Waals surface area contributed by atoms with Gasteiger partial charge < -0.3 is 5.32 Å². The van der Waals surface area contributed by atoms with Gasteiger partial charge in [-0.05, 0) is 50.5 Å². The van der Waals surface area contributed by atoms with Crippen molar-refractivity contribution in [1.82, 2.24) is 5.32 Å². The van der Waals surface area contributed by atoms with Gasteiger partial charge in [0.05, 0.1) is 5.75 Å². The number of rotatable bonds is 11. The second-order valence-electron chi connectivity index (χ2n) is 7.42. The molecule has 1 fully saturated rings. The fraction of sp³-hybridized carbons (Fsp3) is 1.00. The predicted octanol–water partition coefficient (Wildman–Crippen LogP) is 3.42. The molecule has 0 heterocycles. The largest absolute Gasteiger partial charge is 0.314 e. The van der Waals surface area contributed by atoms with Gasteiger partial charge in [-0.3, -0.25) is 0 Å². The van der Waals surface area contributed by atoms with Crippen LogP contribution < -0.4 is 10.5 Å². The van der Waals surface area contributed by atoms with Crippen LogP contribution in [-0.2, 0) is 10.0 Å². The molecule has 4 nitrogen and oxygen atoms in total. The van der Waals surface area contributed by atoms with E-state index >= 15 is 0 Å². The zero-order chi connectivity index (χ0) is 16.4. The molecule has 0 bridgehead atoms. The fourth-order valence-corrected chi connectivity index (χ4v) is 4.00. The van der Waals surface area contributed by atoms with Crippen LogP contribution in [0.25, 0.3) is 0 Å². The molecule has 1 atom stereocenters. The Labute approximate surface area is 137 Å². The highest BCUT2D eigenvalue weighted by Crippen LogP contribution is 2.28. The second kappa shape index (κ2) is 10.6. The Bertz CT molecular complexity index is 376. The molecule has 1 aliphatic carbocycles. The van der Waals surface area contributed by atoms with Gasteiger partial charge in [-0.1, -0.05) is 46.0 Å². The number of hydrogen-bond acceptors (Lipinski definition) is 3. The summed E-state index contributed by atoms with van der Waals surface area (Å²) >= 11 is 0. The van der Waals surface area contributed by atoms with Crippen LogP contribution in [0.1, 0.15) is 78.1 Å². The van der Waals surface area contributed by atoms with Gasteiger partial charge >= 0.3 is 0 Å². The van der Waals surface area contributed by atoms with Crippen molar-refractivity contribution >= 4 is 10.0 Å². The summed E-state index contributed by atoms with van der Waals surface area (Å²) in [6.45, 7) is 5.46. The molecule has 3 N–H and O–H groups in total. The normalized spacial score (nSPS) is 18.7. The number of nitrogens with two attached hydrogens (primary N) is 1. The topological polar surface area (TPSA) is 72.2 Å². The molecule has 5 heteroatoms. The molecule has 132 valence electrons. The van der Waals surface area contributed by atoms with Gasteiger partial charge in [-0.2, -0.15) is 0 Å². The highest BCUT2D eigenvalue weighted by Gasteiger charge is 2.17. The van der Waals surface area contributed by atoms with Crippen molar-refractivity contribution in [2.75, 3.05) is 12.3 Å². The molecule has 1 saturated carbocycles.